The van der Waals surface area contributed by atoms with Crippen LogP contribution in [0.25, 0.3) is 11.3 Å². The van der Waals surface area contributed by atoms with Crippen LogP contribution < -0.4 is 5.32 Å². The first-order chi connectivity index (χ1) is 9.36. The van der Waals surface area contributed by atoms with Crippen LogP contribution in [-0.2, 0) is 0 Å². The van der Waals surface area contributed by atoms with E-state index in [1.54, 1.807) is 12.4 Å². The average molecular weight is 258 g/mol. The standard InChI is InChI=1S/C13H14N4O2/c18-13(17-6-4-14-5-7-17)11-9-19-16-12(11)10-2-1-3-15-8-10/h1-3,8-9,14H,4-7H2. The van der Waals surface area contributed by atoms with Gasteiger partial charge in [-0.05, 0) is 12.1 Å². The highest BCUT2D eigenvalue weighted by Gasteiger charge is 2.23. The molecule has 0 bridgehead atoms. The fraction of sp³-hybridized carbons (Fsp3) is 0.308. The minimum atomic E-state index is -0.0402. The number of amides is 1. The van der Waals surface area contributed by atoms with E-state index in [4.69, 9.17) is 4.52 Å². The summed E-state index contributed by atoms with van der Waals surface area (Å²) in [6.07, 6.45) is 4.76. The number of pyridine rings is 1. The van der Waals surface area contributed by atoms with E-state index < -0.39 is 0 Å². The van der Waals surface area contributed by atoms with Gasteiger partial charge in [-0.3, -0.25) is 9.78 Å². The Morgan fingerprint density at radius 2 is 2.21 bits per heavy atom. The molecule has 2 aromatic heterocycles. The third-order valence-corrected chi connectivity index (χ3v) is 3.14. The summed E-state index contributed by atoms with van der Waals surface area (Å²) in [6.45, 7) is 3.05. The van der Waals surface area contributed by atoms with Gasteiger partial charge in [-0.2, -0.15) is 0 Å². The molecule has 6 heteroatoms. The Hall–Kier alpha value is -2.21. The second kappa shape index (κ2) is 5.19. The summed E-state index contributed by atoms with van der Waals surface area (Å²) in [5.41, 5.74) is 1.83. The zero-order chi connectivity index (χ0) is 13.1. The van der Waals surface area contributed by atoms with E-state index in [-0.39, 0.29) is 5.91 Å². The molecule has 6 nitrogen and oxygen atoms in total. The van der Waals surface area contributed by atoms with E-state index in [1.165, 1.54) is 6.26 Å². The molecule has 1 amide bonds. The summed E-state index contributed by atoms with van der Waals surface area (Å²) >= 11 is 0. The lowest BCUT2D eigenvalue weighted by atomic mass is 10.1. The lowest BCUT2D eigenvalue weighted by molar-refractivity contribution is 0.0736. The Kier molecular flexibility index (Phi) is 3.24. The van der Waals surface area contributed by atoms with Crippen LogP contribution in [0.1, 0.15) is 10.4 Å². The van der Waals surface area contributed by atoms with Crippen LogP contribution in [0.4, 0.5) is 0 Å². The first-order valence-corrected chi connectivity index (χ1v) is 6.21. The molecule has 0 spiro atoms. The number of rotatable bonds is 2. The van der Waals surface area contributed by atoms with Crippen molar-refractivity contribution in [3.8, 4) is 11.3 Å². The summed E-state index contributed by atoms with van der Waals surface area (Å²) in [5, 5.41) is 7.14. The van der Waals surface area contributed by atoms with Gasteiger partial charge in [0.25, 0.3) is 5.91 Å². The van der Waals surface area contributed by atoms with Gasteiger partial charge < -0.3 is 14.7 Å². The molecule has 3 rings (SSSR count). The van der Waals surface area contributed by atoms with Gasteiger partial charge in [0.15, 0.2) is 0 Å². The fourth-order valence-corrected chi connectivity index (χ4v) is 2.14. The molecule has 98 valence electrons. The lowest BCUT2D eigenvalue weighted by Gasteiger charge is -2.27. The van der Waals surface area contributed by atoms with Crippen molar-refractivity contribution >= 4 is 5.91 Å². The van der Waals surface area contributed by atoms with Crippen LogP contribution in [0.3, 0.4) is 0 Å². The van der Waals surface area contributed by atoms with Gasteiger partial charge >= 0.3 is 0 Å². The maximum absolute atomic E-state index is 12.4. The summed E-state index contributed by atoms with van der Waals surface area (Å²) in [4.78, 5) is 18.3. The number of carbonyl (C=O) groups is 1. The fourth-order valence-electron chi connectivity index (χ4n) is 2.14. The Morgan fingerprint density at radius 1 is 1.37 bits per heavy atom. The monoisotopic (exact) mass is 258 g/mol. The van der Waals surface area contributed by atoms with Crippen molar-refractivity contribution in [2.24, 2.45) is 0 Å². The van der Waals surface area contributed by atoms with Crippen LogP contribution in [-0.4, -0.2) is 47.1 Å². The Bertz CT molecular complexity index is 561. The zero-order valence-corrected chi connectivity index (χ0v) is 10.4. The predicted octanol–water partition coefficient (Wildman–Crippen LogP) is 0.782. The number of hydrogen-bond donors (Lipinski definition) is 1. The smallest absolute Gasteiger partial charge is 0.259 e. The topological polar surface area (TPSA) is 71.3 Å². The van der Waals surface area contributed by atoms with Gasteiger partial charge in [-0.25, -0.2) is 0 Å². The second-order valence-corrected chi connectivity index (χ2v) is 4.36. The molecular formula is C13H14N4O2. The molecule has 0 radical (unpaired) electrons. The Balaban J connectivity index is 1.89. The number of piperazine rings is 1. The minimum Gasteiger partial charge on any atom is -0.363 e. The van der Waals surface area contributed by atoms with E-state index >= 15 is 0 Å². The molecule has 0 aromatic carbocycles. The zero-order valence-electron chi connectivity index (χ0n) is 10.4. The lowest BCUT2D eigenvalue weighted by Crippen LogP contribution is -2.46. The van der Waals surface area contributed by atoms with Gasteiger partial charge in [-0.15, -0.1) is 0 Å². The van der Waals surface area contributed by atoms with E-state index in [1.807, 2.05) is 17.0 Å². The van der Waals surface area contributed by atoms with E-state index in [2.05, 4.69) is 15.5 Å². The molecule has 3 heterocycles. The molecule has 1 N–H and O–H groups in total. The molecule has 19 heavy (non-hydrogen) atoms. The maximum Gasteiger partial charge on any atom is 0.259 e. The van der Waals surface area contributed by atoms with Crippen LogP contribution in [0.5, 0.6) is 0 Å². The first kappa shape index (κ1) is 11.9. The summed E-state index contributed by atoms with van der Waals surface area (Å²) < 4.78 is 4.97. The molecule has 1 aliphatic heterocycles. The molecule has 0 atom stereocenters. The SMILES string of the molecule is O=C(c1conc1-c1cccnc1)N1CCNCC1. The molecule has 2 aromatic rings. The largest absolute Gasteiger partial charge is 0.363 e. The van der Waals surface area contributed by atoms with Crippen molar-refractivity contribution in [1.29, 1.82) is 0 Å². The van der Waals surface area contributed by atoms with Gasteiger partial charge in [-0.1, -0.05) is 5.16 Å². The quantitative estimate of drug-likeness (QED) is 0.862. The third kappa shape index (κ3) is 2.34. The van der Waals surface area contributed by atoms with Crippen molar-refractivity contribution in [1.82, 2.24) is 20.4 Å². The first-order valence-electron chi connectivity index (χ1n) is 6.21. The number of nitrogens with one attached hydrogen (secondary N) is 1. The molecular weight excluding hydrogens is 244 g/mol. The number of nitrogens with zero attached hydrogens (tertiary/aromatic N) is 3. The van der Waals surface area contributed by atoms with Crippen molar-refractivity contribution in [2.45, 2.75) is 0 Å². The van der Waals surface area contributed by atoms with Crippen molar-refractivity contribution in [2.75, 3.05) is 26.2 Å². The Morgan fingerprint density at radius 3 is 2.95 bits per heavy atom. The third-order valence-electron chi connectivity index (χ3n) is 3.14. The Labute approximate surface area is 110 Å². The highest BCUT2D eigenvalue weighted by Crippen LogP contribution is 2.22. The average Bonchev–Trinajstić information content (AvgIpc) is 2.98. The van der Waals surface area contributed by atoms with Crippen molar-refractivity contribution in [3.63, 3.8) is 0 Å². The van der Waals surface area contributed by atoms with E-state index in [9.17, 15) is 4.79 Å². The van der Waals surface area contributed by atoms with Gasteiger partial charge in [0.05, 0.1) is 0 Å². The van der Waals surface area contributed by atoms with Gasteiger partial charge in [0.2, 0.25) is 0 Å². The number of hydrogen-bond acceptors (Lipinski definition) is 5. The van der Waals surface area contributed by atoms with E-state index in [0.29, 0.717) is 24.3 Å². The van der Waals surface area contributed by atoms with Crippen LogP contribution in [0.15, 0.2) is 35.3 Å². The molecule has 1 saturated heterocycles. The summed E-state index contributed by atoms with van der Waals surface area (Å²) in [6, 6.07) is 3.67. The molecule has 0 saturated carbocycles. The molecule has 1 aliphatic rings. The maximum atomic E-state index is 12.4. The van der Waals surface area contributed by atoms with Gasteiger partial charge in [0.1, 0.15) is 17.5 Å². The molecule has 0 aliphatic carbocycles. The minimum absolute atomic E-state index is 0.0402. The number of carbonyl (C=O) groups excluding carboxylic acids is 1. The van der Waals surface area contributed by atoms with Crippen molar-refractivity contribution < 1.29 is 9.32 Å². The van der Waals surface area contributed by atoms with Gasteiger partial charge in [0, 0.05) is 44.1 Å². The normalized spacial score (nSPS) is 15.5. The summed E-state index contributed by atoms with van der Waals surface area (Å²) in [5.74, 6) is -0.0402. The summed E-state index contributed by atoms with van der Waals surface area (Å²) in [7, 11) is 0. The highest BCUT2D eigenvalue weighted by atomic mass is 16.5. The predicted molar refractivity (Wildman–Crippen MR) is 68.5 cm³/mol. The molecule has 1 fully saturated rings. The van der Waals surface area contributed by atoms with Crippen molar-refractivity contribution in [3.05, 3.63) is 36.4 Å². The van der Waals surface area contributed by atoms with Crippen LogP contribution in [0.2, 0.25) is 0 Å². The molecule has 0 unspecified atom stereocenters. The van der Waals surface area contributed by atoms with Crippen LogP contribution in [0, 0.1) is 0 Å². The number of aromatic nitrogens is 2. The van der Waals surface area contributed by atoms with Crippen LogP contribution >= 0.6 is 0 Å². The highest BCUT2D eigenvalue weighted by molar-refractivity contribution is 5.99. The second-order valence-electron chi connectivity index (χ2n) is 4.36. The van der Waals surface area contributed by atoms with E-state index in [0.717, 1.165) is 18.7 Å².